The highest BCUT2D eigenvalue weighted by Gasteiger charge is 2.64. The minimum atomic E-state index is 0. The van der Waals surface area contributed by atoms with E-state index in [2.05, 4.69) is 27.7 Å². The van der Waals surface area contributed by atoms with Crippen LogP contribution in [-0.2, 0) is 0 Å². The number of fused-ring (bicyclic) bond motifs is 5. The quantitative estimate of drug-likeness (QED) is 0.426. The topological polar surface area (TPSA) is 0 Å². The van der Waals surface area contributed by atoms with Crippen LogP contribution >= 0.6 is 0 Å². The highest BCUT2D eigenvalue weighted by atomic mass is 14.7. The minimum Gasteiger partial charge on any atom is -0.0776 e. The van der Waals surface area contributed by atoms with Crippen molar-refractivity contribution in [2.24, 2.45) is 39.9 Å². The van der Waals surface area contributed by atoms with Gasteiger partial charge in [0.1, 0.15) is 0 Å². The molecule has 162 valence electrons. The van der Waals surface area contributed by atoms with E-state index >= 15 is 0 Å². The molecule has 7 unspecified atom stereocenters. The van der Waals surface area contributed by atoms with Crippen LogP contribution in [-0.4, -0.2) is 0 Å². The first kappa shape index (κ1) is 25.0. The van der Waals surface area contributed by atoms with Gasteiger partial charge < -0.3 is 0 Å². The predicted octanol–water partition coefficient (Wildman–Crippen LogP) is 9.52. The van der Waals surface area contributed by atoms with E-state index in [1.165, 1.54) is 25.7 Å². The molecular weight excluding hydrogens is 324 g/mol. The van der Waals surface area contributed by atoms with E-state index in [9.17, 15) is 0 Å². The van der Waals surface area contributed by atoms with Gasteiger partial charge in [-0.15, -0.1) is 0 Å². The van der Waals surface area contributed by atoms with E-state index in [-0.39, 0.29) is 7.43 Å². The molecule has 0 aliphatic heterocycles. The van der Waals surface area contributed by atoms with Crippen molar-refractivity contribution in [1.82, 2.24) is 0 Å². The molecule has 0 radical (unpaired) electrons. The molecule has 4 aliphatic carbocycles. The largest absolute Gasteiger partial charge is 0.0776 e. The van der Waals surface area contributed by atoms with Gasteiger partial charge in [0.25, 0.3) is 0 Å². The molecule has 0 bridgehead atoms. The predicted molar refractivity (Wildman–Crippen MR) is 124 cm³/mol. The molecule has 4 fully saturated rings. The Morgan fingerprint density at radius 3 is 1.85 bits per heavy atom. The summed E-state index contributed by atoms with van der Waals surface area (Å²) in [5, 5.41) is 0. The van der Waals surface area contributed by atoms with Gasteiger partial charge in [-0.3, -0.25) is 0 Å². The van der Waals surface area contributed by atoms with Crippen LogP contribution in [0.3, 0.4) is 0 Å². The van der Waals surface area contributed by atoms with Crippen LogP contribution in [0.15, 0.2) is 0 Å². The number of rotatable bonds is 1. The first-order chi connectivity index (χ1) is 12.4. The molecule has 4 saturated carbocycles. The Balaban J connectivity index is 0.000000686. The van der Waals surface area contributed by atoms with E-state index in [1.54, 1.807) is 44.9 Å². The first-order valence-corrected chi connectivity index (χ1v) is 12.4. The lowest BCUT2D eigenvalue weighted by Gasteiger charge is -2.65. The molecule has 0 aromatic carbocycles. The molecule has 4 aliphatic rings. The summed E-state index contributed by atoms with van der Waals surface area (Å²) < 4.78 is 0. The summed E-state index contributed by atoms with van der Waals surface area (Å²) in [5.74, 6) is 4.15. The van der Waals surface area contributed by atoms with Crippen LogP contribution in [0.1, 0.15) is 133 Å². The third-order valence-electron chi connectivity index (χ3n) is 9.87. The van der Waals surface area contributed by atoms with Crippen molar-refractivity contribution in [3.05, 3.63) is 0 Å². The molecule has 0 aromatic rings. The lowest BCUT2D eigenvalue weighted by atomic mass is 9.39. The molecule has 4 rings (SSSR count). The zero-order valence-corrected chi connectivity index (χ0v) is 19.6. The van der Waals surface area contributed by atoms with E-state index in [0.717, 1.165) is 23.7 Å². The lowest BCUT2D eigenvalue weighted by Crippen LogP contribution is -2.58. The standard InChI is InChI=1S/C22H38.2C2H6.CH4/c1-5-16-9-10-18-21(16,3)15-12-19-20(2)13-7-6-8-17(20)11-14-22(18,19)4;2*1-2;/h16-19H,5-15H2,1-4H3;2*1-2H3;1H4. The Labute approximate surface area is 173 Å². The molecule has 7 atom stereocenters. The van der Waals surface area contributed by atoms with Gasteiger partial charge in [0.15, 0.2) is 0 Å². The molecular formula is C27H54. The summed E-state index contributed by atoms with van der Waals surface area (Å²) in [7, 11) is 0. The molecule has 0 nitrogen and oxygen atoms in total. The van der Waals surface area contributed by atoms with Crippen molar-refractivity contribution in [1.29, 1.82) is 0 Å². The summed E-state index contributed by atoms with van der Waals surface area (Å²) in [6.45, 7) is 18.6. The number of hydrogen-bond acceptors (Lipinski definition) is 0. The normalized spacial score (nSPS) is 47.6. The first-order valence-electron chi connectivity index (χ1n) is 12.4. The molecule has 0 spiro atoms. The van der Waals surface area contributed by atoms with Gasteiger partial charge in [-0.25, -0.2) is 0 Å². The molecule has 0 amide bonds. The van der Waals surface area contributed by atoms with Crippen molar-refractivity contribution >= 4 is 0 Å². The fraction of sp³-hybridized carbons (Fsp3) is 1.00. The smallest absolute Gasteiger partial charge is 0.0259 e. The van der Waals surface area contributed by atoms with Gasteiger partial charge in [-0.1, -0.05) is 82.1 Å². The van der Waals surface area contributed by atoms with Crippen LogP contribution in [0.4, 0.5) is 0 Å². The van der Waals surface area contributed by atoms with Gasteiger partial charge in [-0.05, 0) is 91.3 Å². The highest BCUT2D eigenvalue weighted by Crippen LogP contribution is 2.72. The van der Waals surface area contributed by atoms with E-state index < -0.39 is 0 Å². The average Bonchev–Trinajstić information content (AvgIpc) is 3.02. The van der Waals surface area contributed by atoms with Crippen LogP contribution < -0.4 is 0 Å². The second-order valence-corrected chi connectivity index (χ2v) is 10.3. The van der Waals surface area contributed by atoms with Gasteiger partial charge in [0.2, 0.25) is 0 Å². The molecule has 27 heavy (non-hydrogen) atoms. The fourth-order valence-corrected chi connectivity index (χ4v) is 8.75. The van der Waals surface area contributed by atoms with Gasteiger partial charge >= 0.3 is 0 Å². The van der Waals surface area contributed by atoms with Crippen LogP contribution in [0.25, 0.3) is 0 Å². The Kier molecular flexibility index (Phi) is 8.96. The van der Waals surface area contributed by atoms with Crippen molar-refractivity contribution in [2.75, 3.05) is 0 Å². The van der Waals surface area contributed by atoms with E-state index in [1.807, 2.05) is 27.7 Å². The van der Waals surface area contributed by atoms with Gasteiger partial charge in [0, 0.05) is 0 Å². The van der Waals surface area contributed by atoms with Gasteiger partial charge in [0.05, 0.1) is 0 Å². The molecule has 0 heteroatoms. The van der Waals surface area contributed by atoms with Crippen molar-refractivity contribution in [3.63, 3.8) is 0 Å². The maximum absolute atomic E-state index is 2.74. The van der Waals surface area contributed by atoms with Crippen LogP contribution in [0.2, 0.25) is 0 Å². The Morgan fingerprint density at radius 1 is 0.630 bits per heavy atom. The Hall–Kier alpha value is 0. The summed E-state index contributed by atoms with van der Waals surface area (Å²) in [4.78, 5) is 0. The van der Waals surface area contributed by atoms with Gasteiger partial charge in [-0.2, -0.15) is 0 Å². The molecule has 0 N–H and O–H groups in total. The second-order valence-electron chi connectivity index (χ2n) is 10.3. The van der Waals surface area contributed by atoms with Crippen LogP contribution in [0, 0.1) is 39.9 Å². The van der Waals surface area contributed by atoms with Crippen LogP contribution in [0.5, 0.6) is 0 Å². The molecule has 0 aromatic heterocycles. The minimum absolute atomic E-state index is 0. The summed E-state index contributed by atoms with van der Waals surface area (Å²) >= 11 is 0. The zero-order valence-electron chi connectivity index (χ0n) is 19.6. The highest BCUT2D eigenvalue weighted by molar-refractivity contribution is 5.13. The van der Waals surface area contributed by atoms with Crippen molar-refractivity contribution < 1.29 is 0 Å². The molecule has 0 saturated heterocycles. The zero-order chi connectivity index (χ0) is 19.6. The SMILES string of the molecule is C.CC.CC.CCC1CCC2C1(C)CCC1C3(C)CCCCC3CCC21C. The second kappa shape index (κ2) is 9.67. The van der Waals surface area contributed by atoms with Crippen molar-refractivity contribution in [3.8, 4) is 0 Å². The maximum atomic E-state index is 2.74. The third-order valence-corrected chi connectivity index (χ3v) is 9.87. The van der Waals surface area contributed by atoms with E-state index in [4.69, 9.17) is 0 Å². The summed E-state index contributed by atoms with van der Waals surface area (Å²) in [5.41, 5.74) is 2.04. The Bertz CT molecular complexity index is 439. The Morgan fingerprint density at radius 2 is 1.22 bits per heavy atom. The average molecular weight is 379 g/mol. The maximum Gasteiger partial charge on any atom is -0.0259 e. The van der Waals surface area contributed by atoms with Crippen molar-refractivity contribution in [2.45, 2.75) is 133 Å². The monoisotopic (exact) mass is 378 g/mol. The lowest BCUT2D eigenvalue weighted by molar-refractivity contribution is -0.164. The fourth-order valence-electron chi connectivity index (χ4n) is 8.75. The number of hydrogen-bond donors (Lipinski definition) is 0. The third kappa shape index (κ3) is 3.77. The summed E-state index contributed by atoms with van der Waals surface area (Å²) in [6, 6.07) is 0. The van der Waals surface area contributed by atoms with E-state index in [0.29, 0.717) is 16.2 Å². The molecule has 0 heterocycles. The summed E-state index contributed by atoms with van der Waals surface area (Å²) in [6.07, 6.45) is 16.8.